The van der Waals surface area contributed by atoms with E-state index >= 15 is 0 Å². The van der Waals surface area contributed by atoms with Gasteiger partial charge in [0.1, 0.15) is 24.7 Å². The topological polar surface area (TPSA) is 117 Å². The van der Waals surface area contributed by atoms with Crippen molar-refractivity contribution in [3.05, 3.63) is 95.1 Å². The number of carbonyl (C=O) groups excluding carboxylic acids is 2. The fourth-order valence-corrected chi connectivity index (χ4v) is 4.05. The molecule has 0 fully saturated rings. The first-order chi connectivity index (χ1) is 19.2. The largest absolute Gasteiger partial charge is 0.488 e. The van der Waals surface area contributed by atoms with Crippen LogP contribution in [0.5, 0.6) is 11.5 Å². The maximum Gasteiger partial charge on any atom is 0.255 e. The van der Waals surface area contributed by atoms with Crippen molar-refractivity contribution in [3.63, 3.8) is 0 Å². The van der Waals surface area contributed by atoms with Gasteiger partial charge in [0.2, 0.25) is 0 Å². The van der Waals surface area contributed by atoms with Crippen LogP contribution in [-0.2, 0) is 13.2 Å². The van der Waals surface area contributed by atoms with E-state index in [4.69, 9.17) is 9.47 Å². The van der Waals surface area contributed by atoms with E-state index in [1.807, 2.05) is 52.0 Å². The molecule has 3 rings (SSSR count). The summed E-state index contributed by atoms with van der Waals surface area (Å²) in [5.41, 5.74) is 2.51. The summed E-state index contributed by atoms with van der Waals surface area (Å²) in [7, 11) is 0. The number of para-hydroxylation sites is 2. The number of benzene rings is 3. The number of hydrogen-bond donors (Lipinski definition) is 4. The van der Waals surface area contributed by atoms with E-state index in [9.17, 15) is 19.8 Å². The molecule has 0 aliphatic carbocycles. The molecule has 0 aliphatic heterocycles. The second-order valence-corrected chi connectivity index (χ2v) is 10.4. The van der Waals surface area contributed by atoms with Crippen LogP contribution in [0.4, 0.5) is 0 Å². The normalized spacial score (nSPS) is 12.6. The fourth-order valence-electron chi connectivity index (χ4n) is 4.05. The highest BCUT2D eigenvalue weighted by Gasteiger charge is 2.20. The van der Waals surface area contributed by atoms with Crippen LogP contribution in [0.3, 0.4) is 0 Å². The van der Waals surface area contributed by atoms with Crippen molar-refractivity contribution in [2.24, 2.45) is 11.8 Å². The van der Waals surface area contributed by atoms with Gasteiger partial charge in [-0.3, -0.25) is 9.59 Å². The molecule has 2 amide bonds. The summed E-state index contributed by atoms with van der Waals surface area (Å²) in [4.78, 5) is 25.8. The van der Waals surface area contributed by atoms with E-state index in [1.54, 1.807) is 48.5 Å². The molecule has 0 bridgehead atoms. The van der Waals surface area contributed by atoms with Crippen LogP contribution >= 0.6 is 0 Å². The SMILES string of the molecule is CC(C)[C@@H](CO)NC(=O)c1ccccc1OCc1ccccc1COc1ccccc1C(=O)N[C@H](CO)C(C)C. The van der Waals surface area contributed by atoms with Gasteiger partial charge in [0.25, 0.3) is 11.8 Å². The number of rotatable bonds is 14. The molecule has 0 unspecified atom stereocenters. The van der Waals surface area contributed by atoms with Crippen molar-refractivity contribution in [3.8, 4) is 11.5 Å². The van der Waals surface area contributed by atoms with Crippen molar-refractivity contribution in [1.82, 2.24) is 10.6 Å². The van der Waals surface area contributed by atoms with Crippen LogP contribution in [0.15, 0.2) is 72.8 Å². The van der Waals surface area contributed by atoms with Gasteiger partial charge < -0.3 is 30.3 Å². The number of amides is 2. The molecule has 0 aliphatic rings. The molecule has 8 heteroatoms. The summed E-state index contributed by atoms with van der Waals surface area (Å²) < 4.78 is 12.2. The Kier molecular flexibility index (Phi) is 11.5. The fraction of sp³-hybridized carbons (Fsp3) is 0.375. The summed E-state index contributed by atoms with van der Waals surface area (Å²) in [5, 5.41) is 25.0. The van der Waals surface area contributed by atoms with Crippen LogP contribution in [0.2, 0.25) is 0 Å². The van der Waals surface area contributed by atoms with Crippen LogP contribution in [0.25, 0.3) is 0 Å². The van der Waals surface area contributed by atoms with Crippen LogP contribution < -0.4 is 20.1 Å². The number of hydrogen-bond acceptors (Lipinski definition) is 6. The van der Waals surface area contributed by atoms with Gasteiger partial charge in [0, 0.05) is 0 Å². The maximum absolute atomic E-state index is 12.9. The van der Waals surface area contributed by atoms with E-state index in [2.05, 4.69) is 10.6 Å². The summed E-state index contributed by atoms with van der Waals surface area (Å²) >= 11 is 0. The number of ether oxygens (including phenoxy) is 2. The van der Waals surface area contributed by atoms with Crippen molar-refractivity contribution >= 4 is 11.8 Å². The Hall–Kier alpha value is -3.88. The highest BCUT2D eigenvalue weighted by Crippen LogP contribution is 2.23. The molecule has 0 heterocycles. The first-order valence-electron chi connectivity index (χ1n) is 13.6. The molecule has 3 aromatic carbocycles. The molecular formula is C32H40N2O6. The van der Waals surface area contributed by atoms with Crippen LogP contribution in [0, 0.1) is 11.8 Å². The molecular weight excluding hydrogens is 508 g/mol. The van der Waals surface area contributed by atoms with Crippen LogP contribution in [-0.4, -0.2) is 47.3 Å². The summed E-state index contributed by atoms with van der Waals surface area (Å²) in [6.07, 6.45) is 0. The van der Waals surface area contributed by atoms with E-state index in [0.29, 0.717) is 22.6 Å². The molecule has 214 valence electrons. The van der Waals surface area contributed by atoms with Gasteiger partial charge >= 0.3 is 0 Å². The van der Waals surface area contributed by atoms with E-state index in [-0.39, 0.29) is 62.2 Å². The van der Waals surface area contributed by atoms with Crippen molar-refractivity contribution in [1.29, 1.82) is 0 Å². The minimum absolute atomic E-state index is 0.0800. The maximum atomic E-state index is 12.9. The summed E-state index contributed by atoms with van der Waals surface area (Å²) in [6, 6.07) is 20.9. The lowest BCUT2D eigenvalue weighted by molar-refractivity contribution is 0.0885. The Morgan fingerprint density at radius 2 is 0.975 bits per heavy atom. The molecule has 3 aromatic rings. The summed E-state index contributed by atoms with van der Waals surface area (Å²) in [5.74, 6) is 0.405. The third-order valence-corrected chi connectivity index (χ3v) is 6.78. The predicted octanol–water partition coefficient (Wildman–Crippen LogP) is 4.34. The second-order valence-electron chi connectivity index (χ2n) is 10.4. The Balaban J connectivity index is 1.71. The number of aliphatic hydroxyl groups excluding tert-OH is 2. The van der Waals surface area contributed by atoms with Gasteiger partial charge in [-0.15, -0.1) is 0 Å². The average molecular weight is 549 g/mol. The van der Waals surface area contributed by atoms with Crippen molar-refractivity contribution in [2.75, 3.05) is 13.2 Å². The second kappa shape index (κ2) is 15.1. The zero-order valence-corrected chi connectivity index (χ0v) is 23.6. The molecule has 0 saturated carbocycles. The third-order valence-electron chi connectivity index (χ3n) is 6.78. The van der Waals surface area contributed by atoms with Gasteiger partial charge in [-0.25, -0.2) is 0 Å². The Morgan fingerprint density at radius 3 is 1.32 bits per heavy atom. The highest BCUT2D eigenvalue weighted by molar-refractivity contribution is 5.97. The van der Waals surface area contributed by atoms with Crippen molar-refractivity contribution < 1.29 is 29.3 Å². The monoisotopic (exact) mass is 548 g/mol. The lowest BCUT2D eigenvalue weighted by Crippen LogP contribution is -2.41. The molecule has 8 nitrogen and oxygen atoms in total. The minimum Gasteiger partial charge on any atom is -0.488 e. The quantitative estimate of drug-likeness (QED) is 0.238. The molecule has 4 N–H and O–H groups in total. The van der Waals surface area contributed by atoms with E-state index in [0.717, 1.165) is 11.1 Å². The standard InChI is InChI=1S/C32H40N2O6/c1-21(2)27(17-35)33-31(37)25-13-7-9-15-29(25)39-19-23-11-5-6-12-24(23)20-40-30-16-10-8-14-26(30)32(38)34-28(18-36)22(3)4/h5-16,21-22,27-28,35-36H,17-20H2,1-4H3,(H,33,37)(H,34,38)/t27-,28-/m1/s1. The zero-order valence-electron chi connectivity index (χ0n) is 23.6. The van der Waals surface area contributed by atoms with Gasteiger partial charge in [-0.05, 0) is 47.2 Å². The van der Waals surface area contributed by atoms with Gasteiger partial charge in [-0.2, -0.15) is 0 Å². The molecule has 0 spiro atoms. The lowest BCUT2D eigenvalue weighted by Gasteiger charge is -2.21. The van der Waals surface area contributed by atoms with Gasteiger partial charge in [-0.1, -0.05) is 76.2 Å². The first-order valence-corrected chi connectivity index (χ1v) is 13.6. The molecule has 2 atom stereocenters. The van der Waals surface area contributed by atoms with E-state index < -0.39 is 0 Å². The first kappa shape index (κ1) is 30.7. The molecule has 0 aromatic heterocycles. The molecule has 40 heavy (non-hydrogen) atoms. The smallest absolute Gasteiger partial charge is 0.255 e. The average Bonchev–Trinajstić information content (AvgIpc) is 2.96. The number of carbonyl (C=O) groups is 2. The van der Waals surface area contributed by atoms with E-state index in [1.165, 1.54) is 0 Å². The predicted molar refractivity (Wildman–Crippen MR) is 154 cm³/mol. The summed E-state index contributed by atoms with van der Waals surface area (Å²) in [6.45, 7) is 7.85. The Bertz CT molecular complexity index is 1160. The van der Waals surface area contributed by atoms with Crippen molar-refractivity contribution in [2.45, 2.75) is 53.0 Å². The lowest BCUT2D eigenvalue weighted by atomic mass is 10.0. The highest BCUT2D eigenvalue weighted by atomic mass is 16.5. The minimum atomic E-state index is -0.358. The Morgan fingerprint density at radius 1 is 0.625 bits per heavy atom. The zero-order chi connectivity index (χ0) is 29.1. The third kappa shape index (κ3) is 8.31. The van der Waals surface area contributed by atoms with Crippen LogP contribution in [0.1, 0.15) is 59.5 Å². The Labute approximate surface area is 236 Å². The number of nitrogens with one attached hydrogen (secondary N) is 2. The number of aliphatic hydroxyl groups is 2. The van der Waals surface area contributed by atoms with Gasteiger partial charge in [0.05, 0.1) is 36.4 Å². The van der Waals surface area contributed by atoms with Gasteiger partial charge in [0.15, 0.2) is 0 Å². The molecule has 0 saturated heterocycles. The molecule has 0 radical (unpaired) electrons.